The molecule has 0 heterocycles. The third-order valence-electron chi connectivity index (χ3n) is 5.30. The highest BCUT2D eigenvalue weighted by Crippen LogP contribution is 2.48. The van der Waals surface area contributed by atoms with E-state index in [0.717, 1.165) is 18.9 Å². The number of nitrogens with two attached hydrogens (primary N) is 1. The van der Waals surface area contributed by atoms with Crippen molar-refractivity contribution in [3.8, 4) is 0 Å². The Balaban J connectivity index is 1.57. The van der Waals surface area contributed by atoms with E-state index in [2.05, 4.69) is 5.32 Å². The van der Waals surface area contributed by atoms with E-state index in [1.54, 1.807) is 6.07 Å². The fourth-order valence-corrected chi connectivity index (χ4v) is 3.79. The second-order valence-electron chi connectivity index (χ2n) is 6.87. The molecular formula is C18H24F2N2O. The zero-order valence-corrected chi connectivity index (χ0v) is 13.2. The number of halogens is 2. The molecule has 2 aliphatic rings. The Hall–Kier alpha value is -1.49. The van der Waals surface area contributed by atoms with E-state index in [0.29, 0.717) is 24.4 Å². The van der Waals surface area contributed by atoms with Gasteiger partial charge in [0, 0.05) is 18.5 Å². The van der Waals surface area contributed by atoms with Crippen molar-refractivity contribution in [1.29, 1.82) is 0 Å². The number of carbonyl (C=O) groups excluding carboxylic acids is 1. The molecule has 3 nitrogen and oxygen atoms in total. The highest BCUT2D eigenvalue weighted by molar-refractivity contribution is 5.83. The minimum atomic E-state index is -0.851. The summed E-state index contributed by atoms with van der Waals surface area (Å²) in [5.41, 5.74) is 6.55. The number of hydrogen-bond donors (Lipinski definition) is 2. The molecule has 0 spiro atoms. The van der Waals surface area contributed by atoms with Crippen LogP contribution in [0.3, 0.4) is 0 Å². The molecule has 0 aliphatic heterocycles. The predicted molar refractivity (Wildman–Crippen MR) is 84.8 cm³/mol. The third-order valence-corrected chi connectivity index (χ3v) is 5.30. The fraction of sp³-hybridized carbons (Fsp3) is 0.611. The second kappa shape index (κ2) is 6.95. The van der Waals surface area contributed by atoms with Crippen molar-refractivity contribution >= 4 is 5.91 Å². The van der Waals surface area contributed by atoms with Gasteiger partial charge in [-0.15, -0.1) is 0 Å². The molecule has 126 valence electrons. The molecular weight excluding hydrogens is 298 g/mol. The van der Waals surface area contributed by atoms with Gasteiger partial charge < -0.3 is 11.1 Å². The van der Waals surface area contributed by atoms with Crippen LogP contribution in [0.15, 0.2) is 18.2 Å². The zero-order chi connectivity index (χ0) is 16.4. The van der Waals surface area contributed by atoms with Gasteiger partial charge in [-0.25, -0.2) is 8.78 Å². The van der Waals surface area contributed by atoms with Gasteiger partial charge in [0.2, 0.25) is 5.91 Å². The van der Waals surface area contributed by atoms with E-state index in [1.807, 2.05) is 0 Å². The first-order valence-electron chi connectivity index (χ1n) is 8.55. The van der Waals surface area contributed by atoms with Crippen molar-refractivity contribution in [2.24, 2.45) is 17.6 Å². The monoisotopic (exact) mass is 322 g/mol. The largest absolute Gasteiger partial charge is 0.352 e. The topological polar surface area (TPSA) is 55.1 Å². The van der Waals surface area contributed by atoms with Crippen LogP contribution in [0.4, 0.5) is 8.78 Å². The first-order chi connectivity index (χ1) is 11.1. The van der Waals surface area contributed by atoms with Gasteiger partial charge in [-0.05, 0) is 48.8 Å². The average Bonchev–Trinajstić information content (AvgIpc) is 3.36. The highest BCUT2D eigenvalue weighted by Gasteiger charge is 2.45. The Labute approximate surface area is 135 Å². The minimum absolute atomic E-state index is 0.000701. The summed E-state index contributed by atoms with van der Waals surface area (Å²) in [6.07, 6.45) is 6.62. The SMILES string of the molecule is NCC(NC(=O)C1CC1c1ccc(F)c(F)c1)C1CCCCC1. The first kappa shape index (κ1) is 16.4. The normalized spacial score (nSPS) is 25.9. The summed E-state index contributed by atoms with van der Waals surface area (Å²) >= 11 is 0. The number of benzene rings is 1. The van der Waals surface area contributed by atoms with Crippen LogP contribution in [0.25, 0.3) is 0 Å². The molecule has 2 saturated carbocycles. The maximum absolute atomic E-state index is 13.3. The van der Waals surface area contributed by atoms with Crippen LogP contribution < -0.4 is 11.1 Å². The molecule has 1 aromatic rings. The Bertz CT molecular complexity index is 572. The van der Waals surface area contributed by atoms with Crippen LogP contribution in [-0.4, -0.2) is 18.5 Å². The highest BCUT2D eigenvalue weighted by atomic mass is 19.2. The van der Waals surface area contributed by atoms with Crippen molar-refractivity contribution in [3.63, 3.8) is 0 Å². The van der Waals surface area contributed by atoms with Crippen LogP contribution in [-0.2, 0) is 4.79 Å². The van der Waals surface area contributed by atoms with Gasteiger partial charge in [-0.1, -0.05) is 25.3 Å². The molecule has 1 amide bonds. The van der Waals surface area contributed by atoms with E-state index >= 15 is 0 Å². The van der Waals surface area contributed by atoms with E-state index in [1.165, 1.54) is 25.3 Å². The molecule has 1 aromatic carbocycles. The number of carbonyl (C=O) groups is 1. The molecule has 3 N–H and O–H groups in total. The Morgan fingerprint density at radius 2 is 1.96 bits per heavy atom. The molecule has 23 heavy (non-hydrogen) atoms. The van der Waals surface area contributed by atoms with Gasteiger partial charge >= 0.3 is 0 Å². The number of hydrogen-bond acceptors (Lipinski definition) is 2. The van der Waals surface area contributed by atoms with Gasteiger partial charge in [0.15, 0.2) is 11.6 Å². The van der Waals surface area contributed by atoms with E-state index < -0.39 is 11.6 Å². The van der Waals surface area contributed by atoms with Gasteiger partial charge in [0.25, 0.3) is 0 Å². The lowest BCUT2D eigenvalue weighted by Gasteiger charge is -2.30. The molecule has 2 fully saturated rings. The van der Waals surface area contributed by atoms with E-state index in [9.17, 15) is 13.6 Å². The second-order valence-corrected chi connectivity index (χ2v) is 6.87. The first-order valence-corrected chi connectivity index (χ1v) is 8.55. The van der Waals surface area contributed by atoms with Crippen LogP contribution in [0.5, 0.6) is 0 Å². The molecule has 0 bridgehead atoms. The molecule has 2 aliphatic carbocycles. The third kappa shape index (κ3) is 3.71. The van der Waals surface area contributed by atoms with Crippen molar-refractivity contribution in [3.05, 3.63) is 35.4 Å². The Kier molecular flexibility index (Phi) is 4.95. The molecule has 0 saturated heterocycles. The Morgan fingerprint density at radius 3 is 2.61 bits per heavy atom. The summed E-state index contributed by atoms with van der Waals surface area (Å²) in [5.74, 6) is -1.38. The van der Waals surface area contributed by atoms with Crippen LogP contribution in [0.2, 0.25) is 0 Å². The number of amides is 1. The van der Waals surface area contributed by atoms with Crippen LogP contribution >= 0.6 is 0 Å². The summed E-state index contributed by atoms with van der Waals surface area (Å²) in [7, 11) is 0. The van der Waals surface area contributed by atoms with Crippen molar-refractivity contribution < 1.29 is 13.6 Å². The van der Waals surface area contributed by atoms with Crippen molar-refractivity contribution in [2.45, 2.75) is 50.5 Å². The standard InChI is InChI=1S/C18H24F2N2O/c19-15-7-6-12(8-16(15)20)13-9-14(13)18(23)22-17(10-21)11-4-2-1-3-5-11/h6-8,11,13-14,17H,1-5,9-10,21H2,(H,22,23). The minimum Gasteiger partial charge on any atom is -0.352 e. The molecule has 3 unspecified atom stereocenters. The van der Waals surface area contributed by atoms with Crippen molar-refractivity contribution in [1.82, 2.24) is 5.32 Å². The zero-order valence-electron chi connectivity index (χ0n) is 13.2. The van der Waals surface area contributed by atoms with Crippen LogP contribution in [0.1, 0.15) is 50.0 Å². The van der Waals surface area contributed by atoms with Gasteiger partial charge in [-0.3, -0.25) is 4.79 Å². The Morgan fingerprint density at radius 1 is 1.22 bits per heavy atom. The lowest BCUT2D eigenvalue weighted by atomic mass is 9.84. The number of nitrogens with one attached hydrogen (secondary N) is 1. The van der Waals surface area contributed by atoms with E-state index in [-0.39, 0.29) is 23.8 Å². The lowest BCUT2D eigenvalue weighted by molar-refractivity contribution is -0.123. The maximum atomic E-state index is 13.3. The maximum Gasteiger partial charge on any atom is 0.224 e. The molecule has 3 rings (SSSR count). The predicted octanol–water partition coefficient (Wildman–Crippen LogP) is 3.09. The molecule has 0 radical (unpaired) electrons. The summed E-state index contributed by atoms with van der Waals surface area (Å²) in [5, 5.41) is 3.09. The van der Waals surface area contributed by atoms with Gasteiger partial charge in [0.05, 0.1) is 0 Å². The summed E-state index contributed by atoms with van der Waals surface area (Å²) < 4.78 is 26.3. The van der Waals surface area contributed by atoms with E-state index in [4.69, 9.17) is 5.73 Å². The number of rotatable bonds is 5. The quantitative estimate of drug-likeness (QED) is 0.875. The summed E-state index contributed by atoms with van der Waals surface area (Å²) in [4.78, 5) is 12.4. The fourth-order valence-electron chi connectivity index (χ4n) is 3.79. The summed E-state index contributed by atoms with van der Waals surface area (Å²) in [6.45, 7) is 0.457. The molecule has 5 heteroatoms. The average molecular weight is 322 g/mol. The van der Waals surface area contributed by atoms with Gasteiger partial charge in [0.1, 0.15) is 0 Å². The molecule has 0 aromatic heterocycles. The summed E-state index contributed by atoms with van der Waals surface area (Å²) in [6, 6.07) is 3.93. The lowest BCUT2D eigenvalue weighted by Crippen LogP contribution is -2.46. The van der Waals surface area contributed by atoms with Gasteiger partial charge in [-0.2, -0.15) is 0 Å². The van der Waals surface area contributed by atoms with Crippen LogP contribution in [0, 0.1) is 23.5 Å². The van der Waals surface area contributed by atoms with Crippen molar-refractivity contribution in [2.75, 3.05) is 6.54 Å². The smallest absolute Gasteiger partial charge is 0.224 e. The molecule has 3 atom stereocenters.